The minimum absolute atomic E-state index is 0.0776. The molecule has 1 saturated heterocycles. The summed E-state index contributed by atoms with van der Waals surface area (Å²) in [6.07, 6.45) is 6.08. The van der Waals surface area contributed by atoms with Gasteiger partial charge in [0, 0.05) is 64.1 Å². The zero-order chi connectivity index (χ0) is 20.6. The molecule has 6 nitrogen and oxygen atoms in total. The number of likely N-dealkylation sites (tertiary alicyclic amines) is 1. The Morgan fingerprint density at radius 2 is 1.59 bits per heavy atom. The topological polar surface area (TPSA) is 52.6 Å². The van der Waals surface area contributed by atoms with Gasteiger partial charge in [0.15, 0.2) is 0 Å². The maximum absolute atomic E-state index is 13.4. The second-order valence-corrected chi connectivity index (χ2v) is 8.95. The molecule has 3 fully saturated rings. The van der Waals surface area contributed by atoms with Crippen LogP contribution in [0.4, 0.5) is 20.4 Å². The van der Waals surface area contributed by atoms with Gasteiger partial charge < -0.3 is 14.7 Å². The van der Waals surface area contributed by atoms with Gasteiger partial charge in [-0.15, -0.1) is 0 Å². The molecule has 1 aromatic heterocycles. The summed E-state index contributed by atoms with van der Waals surface area (Å²) in [6, 6.07) is 2.91. The van der Waals surface area contributed by atoms with Crippen LogP contribution in [0.2, 0.25) is 0 Å². The van der Waals surface area contributed by atoms with E-state index in [0.717, 1.165) is 24.5 Å². The third-order valence-electron chi connectivity index (χ3n) is 6.54. The molecule has 8 heteroatoms. The van der Waals surface area contributed by atoms with Crippen LogP contribution in [-0.4, -0.2) is 66.0 Å². The maximum Gasteiger partial charge on any atom is 0.248 e. The Hall–Kier alpha value is -1.99. The zero-order valence-electron chi connectivity index (χ0n) is 17.4. The van der Waals surface area contributed by atoms with Crippen molar-refractivity contribution in [2.75, 3.05) is 37.0 Å². The average Bonchev–Trinajstić information content (AvgIpc) is 3.53. The molecule has 0 atom stereocenters. The molecule has 2 heterocycles. The first kappa shape index (κ1) is 20.3. The summed E-state index contributed by atoms with van der Waals surface area (Å²) in [4.78, 5) is 28.0. The second kappa shape index (κ2) is 8.03. The highest BCUT2D eigenvalue weighted by molar-refractivity contribution is 5.79. The molecule has 2 aliphatic carbocycles. The van der Waals surface area contributed by atoms with E-state index in [9.17, 15) is 13.6 Å². The van der Waals surface area contributed by atoms with Crippen LogP contribution in [0.25, 0.3) is 0 Å². The summed E-state index contributed by atoms with van der Waals surface area (Å²) >= 11 is 0. The van der Waals surface area contributed by atoms with Crippen LogP contribution in [0.3, 0.4) is 0 Å². The summed E-state index contributed by atoms with van der Waals surface area (Å²) < 4.78 is 26.8. The molecule has 4 rings (SSSR count). The summed E-state index contributed by atoms with van der Waals surface area (Å²) in [7, 11) is 3.94. The minimum atomic E-state index is -2.59. The van der Waals surface area contributed by atoms with E-state index in [1.807, 2.05) is 30.0 Å². The van der Waals surface area contributed by atoms with Crippen LogP contribution in [-0.2, 0) is 4.79 Å². The van der Waals surface area contributed by atoms with Crippen molar-refractivity contribution in [3.63, 3.8) is 0 Å². The van der Waals surface area contributed by atoms with Crippen LogP contribution in [0.5, 0.6) is 0 Å². The third-order valence-corrected chi connectivity index (χ3v) is 6.54. The summed E-state index contributed by atoms with van der Waals surface area (Å²) in [5, 5.41) is 0. The number of hydrogen-bond acceptors (Lipinski definition) is 5. The van der Waals surface area contributed by atoms with Crippen molar-refractivity contribution in [2.45, 2.75) is 69.4 Å². The first-order valence-electron chi connectivity index (χ1n) is 10.8. The highest BCUT2D eigenvalue weighted by atomic mass is 19.3. The molecule has 3 aliphatic rings. The minimum Gasteiger partial charge on any atom is -0.363 e. The number of nitrogens with zero attached hydrogens (tertiary/aromatic N) is 5. The lowest BCUT2D eigenvalue weighted by molar-refractivity contribution is -0.140. The standard InChI is InChI=1S/C21H31F2N5O/c1-26(2)18-13-19(25-14-24-18)28(16-3-4-16)17-7-11-27(12-8-17)20(29)15-5-9-21(22,23)10-6-15/h13-17H,3-12H2,1-2H3. The van der Waals surface area contributed by atoms with E-state index in [4.69, 9.17) is 0 Å². The SMILES string of the molecule is CN(C)c1cc(N(C2CC2)C2CCN(C(=O)C3CCC(F)(F)CC3)CC2)ncn1. The number of amides is 1. The first-order chi connectivity index (χ1) is 13.8. The smallest absolute Gasteiger partial charge is 0.248 e. The average molecular weight is 408 g/mol. The van der Waals surface area contributed by atoms with Crippen LogP contribution in [0.1, 0.15) is 51.4 Å². The Bertz CT molecular complexity index is 722. The van der Waals surface area contributed by atoms with Crippen LogP contribution >= 0.6 is 0 Å². The molecule has 0 aromatic carbocycles. The van der Waals surface area contributed by atoms with Gasteiger partial charge in [0.2, 0.25) is 11.8 Å². The number of aromatic nitrogens is 2. The van der Waals surface area contributed by atoms with Crippen molar-refractivity contribution in [3.8, 4) is 0 Å². The van der Waals surface area contributed by atoms with E-state index in [0.29, 0.717) is 38.0 Å². The number of piperidine rings is 1. The molecule has 0 N–H and O–H groups in total. The quantitative estimate of drug-likeness (QED) is 0.750. The molecule has 0 radical (unpaired) electrons. The van der Waals surface area contributed by atoms with Gasteiger partial charge in [-0.1, -0.05) is 0 Å². The molecule has 0 unspecified atom stereocenters. The largest absolute Gasteiger partial charge is 0.363 e. The fraction of sp³-hybridized carbons (Fsp3) is 0.762. The Balaban J connectivity index is 1.38. The molecule has 1 aromatic rings. The molecular formula is C21H31F2N5O. The van der Waals surface area contributed by atoms with Crippen molar-refractivity contribution in [3.05, 3.63) is 12.4 Å². The van der Waals surface area contributed by atoms with Gasteiger partial charge in [0.25, 0.3) is 0 Å². The third kappa shape index (κ3) is 4.61. The van der Waals surface area contributed by atoms with Crippen molar-refractivity contribution < 1.29 is 13.6 Å². The number of carbonyl (C=O) groups is 1. The fourth-order valence-electron chi connectivity index (χ4n) is 4.66. The highest BCUT2D eigenvalue weighted by Gasteiger charge is 2.41. The zero-order valence-corrected chi connectivity index (χ0v) is 17.4. The molecule has 29 heavy (non-hydrogen) atoms. The van der Waals surface area contributed by atoms with Crippen LogP contribution in [0.15, 0.2) is 12.4 Å². The fourth-order valence-corrected chi connectivity index (χ4v) is 4.66. The molecule has 0 bridgehead atoms. The molecular weight excluding hydrogens is 376 g/mol. The molecule has 160 valence electrons. The van der Waals surface area contributed by atoms with E-state index in [1.165, 1.54) is 12.8 Å². The summed E-state index contributed by atoms with van der Waals surface area (Å²) in [6.45, 7) is 1.40. The lowest BCUT2D eigenvalue weighted by atomic mass is 9.85. The normalized spacial score (nSPS) is 23.1. The number of alkyl halides is 2. The van der Waals surface area contributed by atoms with Gasteiger partial charge in [-0.2, -0.15) is 0 Å². The molecule has 1 aliphatic heterocycles. The van der Waals surface area contributed by atoms with E-state index >= 15 is 0 Å². The van der Waals surface area contributed by atoms with E-state index in [2.05, 4.69) is 14.9 Å². The Morgan fingerprint density at radius 3 is 2.17 bits per heavy atom. The number of hydrogen-bond donors (Lipinski definition) is 0. The van der Waals surface area contributed by atoms with E-state index in [1.54, 1.807) is 6.33 Å². The van der Waals surface area contributed by atoms with Gasteiger partial charge in [0.1, 0.15) is 18.0 Å². The Kier molecular flexibility index (Phi) is 5.62. The summed E-state index contributed by atoms with van der Waals surface area (Å²) in [5.74, 6) is -0.880. The van der Waals surface area contributed by atoms with Crippen molar-refractivity contribution in [1.29, 1.82) is 0 Å². The van der Waals surface area contributed by atoms with Gasteiger partial charge in [-0.05, 0) is 38.5 Å². The van der Waals surface area contributed by atoms with E-state index in [-0.39, 0.29) is 24.7 Å². The Morgan fingerprint density at radius 1 is 1.00 bits per heavy atom. The van der Waals surface area contributed by atoms with Crippen LogP contribution < -0.4 is 9.80 Å². The van der Waals surface area contributed by atoms with Crippen molar-refractivity contribution in [2.24, 2.45) is 5.92 Å². The summed E-state index contributed by atoms with van der Waals surface area (Å²) in [5.41, 5.74) is 0. The Labute approximate surface area is 171 Å². The molecule has 1 amide bonds. The van der Waals surface area contributed by atoms with Gasteiger partial charge in [-0.3, -0.25) is 4.79 Å². The maximum atomic E-state index is 13.4. The van der Waals surface area contributed by atoms with Gasteiger partial charge in [0.05, 0.1) is 0 Å². The van der Waals surface area contributed by atoms with Crippen molar-refractivity contribution >= 4 is 17.5 Å². The van der Waals surface area contributed by atoms with Crippen LogP contribution in [0, 0.1) is 5.92 Å². The number of halogens is 2. The lowest BCUT2D eigenvalue weighted by Gasteiger charge is -2.41. The molecule has 2 saturated carbocycles. The van der Waals surface area contributed by atoms with Gasteiger partial charge >= 0.3 is 0 Å². The van der Waals surface area contributed by atoms with Crippen molar-refractivity contribution in [1.82, 2.24) is 14.9 Å². The monoisotopic (exact) mass is 407 g/mol. The second-order valence-electron chi connectivity index (χ2n) is 8.95. The van der Waals surface area contributed by atoms with E-state index < -0.39 is 5.92 Å². The number of anilines is 2. The predicted octanol–water partition coefficient (Wildman–Crippen LogP) is 3.33. The first-order valence-corrected chi connectivity index (χ1v) is 10.8. The number of rotatable bonds is 5. The molecule has 0 spiro atoms. The van der Waals surface area contributed by atoms with Gasteiger partial charge in [-0.25, -0.2) is 18.7 Å². The lowest BCUT2D eigenvalue weighted by Crippen LogP contribution is -2.49. The predicted molar refractivity (Wildman–Crippen MR) is 108 cm³/mol. The highest BCUT2D eigenvalue weighted by Crippen LogP contribution is 2.38. The number of carbonyl (C=O) groups excluding carboxylic acids is 1.